The number of amides is 1. The Morgan fingerprint density at radius 2 is 1.62 bits per heavy atom. The molecule has 3 aliphatic rings. The molecule has 3 heterocycles. The molecule has 0 unspecified atom stereocenters. The number of hydrogen-bond donors (Lipinski definition) is 6. The summed E-state index contributed by atoms with van der Waals surface area (Å²) in [5.74, 6) is -8.63. The lowest BCUT2D eigenvalue weighted by Gasteiger charge is -2.38. The first kappa shape index (κ1) is 43.6. The van der Waals surface area contributed by atoms with Crippen molar-refractivity contribution >= 4 is 40.3 Å². The van der Waals surface area contributed by atoms with Crippen LogP contribution in [0.1, 0.15) is 83.8 Å². The van der Waals surface area contributed by atoms with E-state index in [9.17, 15) is 39.9 Å². The van der Waals surface area contributed by atoms with Crippen molar-refractivity contribution in [2.75, 3.05) is 12.4 Å². The van der Waals surface area contributed by atoms with Crippen LogP contribution < -0.4 is 10.1 Å². The maximum Gasteiger partial charge on any atom is 0.312 e. The topological polar surface area (TPSA) is 223 Å². The lowest BCUT2D eigenvalue weighted by Crippen LogP contribution is -2.46. The SMILES string of the molecule is CO[C@H]1/C=C/O[C@@]2(C)Oc3c(C)c(O)c4c(O)c(c(/C=N/OC(C)C)c(O)c4c3C2=O)NC(=O)/C(C)=C/C=C/[C@H](C)[C@H](O)[C@@H](C)[C@@H](O)[C@@H](C)[C@H](OC(C)=O)[C@@H]1C. The number of nitrogens with zero attached hydrogens (tertiary/aromatic N) is 1. The van der Waals surface area contributed by atoms with Crippen LogP contribution in [0.15, 0.2) is 41.3 Å². The van der Waals surface area contributed by atoms with Crippen LogP contribution in [0.5, 0.6) is 23.0 Å². The maximum atomic E-state index is 14.3. The molecule has 2 aromatic carbocycles. The second-order valence-corrected chi connectivity index (χ2v) is 15.0. The highest BCUT2D eigenvalue weighted by atomic mass is 16.7. The van der Waals surface area contributed by atoms with Gasteiger partial charge in [-0.15, -0.1) is 0 Å². The fraction of sp³-hybridized carbons (Fsp3) is 0.512. The number of allylic oxidation sites excluding steroid dienone is 2. The number of methoxy groups -OCH3 is 1. The predicted molar refractivity (Wildman–Crippen MR) is 208 cm³/mol. The standard InChI is InChI=1S/C41H54N2O13/c1-18(2)56-42-17-26-31-36(49)29-28(35(26)48)30-38(24(8)34(29)47)55-41(10,39(30)50)53-16-15-27(52-11)21(5)37(54-25(9)44)23(7)33(46)22(6)32(45)19(3)13-12-14-20(4)40(51)43-31/h12-19,21-23,27,32-33,37,45-49H,1-11H3,(H,43,51)/b13-12+,16-15+,20-14+,42-17+/t19-,21+,22+,23+,27-,32-,33+,37+,41-/m0/s1. The minimum absolute atomic E-state index is 0.0334. The Kier molecular flexibility index (Phi) is 13.5. The zero-order valence-corrected chi connectivity index (χ0v) is 33.6. The van der Waals surface area contributed by atoms with E-state index in [1.54, 1.807) is 53.7 Å². The highest BCUT2D eigenvalue weighted by Crippen LogP contribution is 2.55. The maximum absolute atomic E-state index is 14.3. The van der Waals surface area contributed by atoms with Gasteiger partial charge < -0.3 is 54.6 Å². The van der Waals surface area contributed by atoms with E-state index in [4.69, 9.17) is 23.8 Å². The number of ether oxygens (including phenoxy) is 4. The van der Waals surface area contributed by atoms with Crippen molar-refractivity contribution < 1.29 is 63.7 Å². The molecule has 15 heteroatoms. The van der Waals surface area contributed by atoms with E-state index in [1.165, 1.54) is 53.2 Å². The third kappa shape index (κ3) is 8.49. The Morgan fingerprint density at radius 3 is 2.23 bits per heavy atom. The molecular weight excluding hydrogens is 728 g/mol. The van der Waals surface area contributed by atoms with Gasteiger partial charge in [-0.25, -0.2) is 0 Å². The van der Waals surface area contributed by atoms with Gasteiger partial charge in [-0.2, -0.15) is 0 Å². The predicted octanol–water partition coefficient (Wildman–Crippen LogP) is 5.51. The monoisotopic (exact) mass is 782 g/mol. The number of anilines is 1. The third-order valence-electron chi connectivity index (χ3n) is 10.5. The number of carbonyl (C=O) groups is 3. The molecule has 6 N–H and O–H groups in total. The Balaban J connectivity index is 1.97. The summed E-state index contributed by atoms with van der Waals surface area (Å²) in [4.78, 5) is 45.4. The molecule has 0 saturated heterocycles. The van der Waals surface area contributed by atoms with E-state index >= 15 is 0 Å². The number of esters is 1. The number of ketones is 1. The smallest absolute Gasteiger partial charge is 0.312 e. The van der Waals surface area contributed by atoms with Gasteiger partial charge in [0, 0.05) is 61.2 Å². The van der Waals surface area contributed by atoms with Gasteiger partial charge in [0.1, 0.15) is 29.5 Å². The number of oxime groups is 1. The molecule has 5 bridgehead atoms. The molecule has 0 aliphatic carbocycles. The van der Waals surface area contributed by atoms with E-state index < -0.39 is 88.8 Å². The normalized spacial score (nSPS) is 31.1. The minimum atomic E-state index is -2.06. The van der Waals surface area contributed by atoms with Crippen molar-refractivity contribution in [3.63, 3.8) is 0 Å². The molecule has 1 amide bonds. The van der Waals surface area contributed by atoms with Crippen LogP contribution in [-0.4, -0.2) is 92.8 Å². The van der Waals surface area contributed by atoms with Crippen molar-refractivity contribution in [1.29, 1.82) is 0 Å². The van der Waals surface area contributed by atoms with Crippen molar-refractivity contribution in [2.24, 2.45) is 28.8 Å². The van der Waals surface area contributed by atoms with Crippen LogP contribution in [0.2, 0.25) is 0 Å². The quantitative estimate of drug-likeness (QED) is 0.0725. The lowest BCUT2D eigenvalue weighted by atomic mass is 9.78. The van der Waals surface area contributed by atoms with Gasteiger partial charge in [-0.1, -0.05) is 51.1 Å². The molecule has 5 rings (SSSR count). The molecule has 9 atom stereocenters. The van der Waals surface area contributed by atoms with E-state index in [2.05, 4.69) is 10.5 Å². The number of phenolic OH excluding ortho intramolecular Hbond substituents is 3. The summed E-state index contributed by atoms with van der Waals surface area (Å²) in [7, 11) is 1.43. The number of Topliss-reactive ketones (excluding diaryl/α,β-unsaturated/α-hetero) is 1. The average Bonchev–Trinajstić information content (AvgIpc) is 3.41. The zero-order chi connectivity index (χ0) is 42.0. The lowest BCUT2D eigenvalue weighted by molar-refractivity contribution is -0.160. The summed E-state index contributed by atoms with van der Waals surface area (Å²) in [5.41, 5.74) is -0.618. The first-order valence-corrected chi connectivity index (χ1v) is 18.4. The van der Waals surface area contributed by atoms with Crippen LogP contribution in [0.4, 0.5) is 5.69 Å². The summed E-state index contributed by atoms with van der Waals surface area (Å²) in [6.45, 7) is 15.8. The van der Waals surface area contributed by atoms with Crippen LogP contribution in [0.3, 0.4) is 0 Å². The number of nitrogens with one attached hydrogen (secondary N) is 1. The van der Waals surface area contributed by atoms with Crippen LogP contribution >= 0.6 is 0 Å². The number of carbonyl (C=O) groups excluding carboxylic acids is 3. The van der Waals surface area contributed by atoms with Crippen molar-refractivity contribution in [3.05, 3.63) is 52.8 Å². The van der Waals surface area contributed by atoms with Gasteiger partial charge in [0.25, 0.3) is 11.7 Å². The number of phenols is 3. The van der Waals surface area contributed by atoms with Crippen molar-refractivity contribution in [1.82, 2.24) is 0 Å². The summed E-state index contributed by atoms with van der Waals surface area (Å²) in [5, 5.41) is 63.6. The second-order valence-electron chi connectivity index (χ2n) is 15.0. The molecular formula is C41H54N2O13. The number of fused-ring (bicyclic) bond motifs is 14. The molecule has 0 radical (unpaired) electrons. The van der Waals surface area contributed by atoms with Gasteiger partial charge in [0.15, 0.2) is 5.75 Å². The average molecular weight is 783 g/mol. The number of rotatable bonds is 5. The molecule has 0 aromatic heterocycles. The van der Waals surface area contributed by atoms with Crippen LogP contribution in [0.25, 0.3) is 10.8 Å². The Morgan fingerprint density at radius 1 is 0.964 bits per heavy atom. The van der Waals surface area contributed by atoms with E-state index in [-0.39, 0.29) is 50.6 Å². The highest BCUT2D eigenvalue weighted by molar-refractivity contribution is 6.23. The molecule has 0 fully saturated rings. The fourth-order valence-electron chi connectivity index (χ4n) is 7.08. The number of aliphatic hydroxyl groups excluding tert-OH is 2. The fourth-order valence-corrected chi connectivity index (χ4v) is 7.08. The van der Waals surface area contributed by atoms with Crippen LogP contribution in [-0.2, 0) is 28.6 Å². The van der Waals surface area contributed by atoms with Crippen molar-refractivity contribution in [2.45, 2.75) is 106 Å². The number of aliphatic hydroxyl groups is 2. The highest BCUT2D eigenvalue weighted by Gasteiger charge is 2.50. The Bertz CT molecular complexity index is 1970. The minimum Gasteiger partial charge on any atom is -0.507 e. The third-order valence-corrected chi connectivity index (χ3v) is 10.5. The van der Waals surface area contributed by atoms with E-state index in [0.29, 0.717) is 0 Å². The molecule has 56 heavy (non-hydrogen) atoms. The molecule has 0 saturated carbocycles. The van der Waals surface area contributed by atoms with Gasteiger partial charge >= 0.3 is 11.8 Å². The van der Waals surface area contributed by atoms with Gasteiger partial charge in [0.05, 0.1) is 53.0 Å². The summed E-state index contributed by atoms with van der Waals surface area (Å²) < 4.78 is 23.4. The summed E-state index contributed by atoms with van der Waals surface area (Å²) in [6.07, 6.45) is 4.11. The first-order valence-electron chi connectivity index (χ1n) is 18.4. The summed E-state index contributed by atoms with van der Waals surface area (Å²) >= 11 is 0. The van der Waals surface area contributed by atoms with E-state index in [0.717, 1.165) is 6.21 Å². The molecule has 0 spiro atoms. The second kappa shape index (κ2) is 17.3. The molecule has 2 aromatic rings. The van der Waals surface area contributed by atoms with E-state index in [1.807, 2.05) is 0 Å². The number of aromatic hydroxyl groups is 3. The summed E-state index contributed by atoms with van der Waals surface area (Å²) in [6, 6.07) is 0. The van der Waals surface area contributed by atoms with Crippen molar-refractivity contribution in [3.8, 4) is 23.0 Å². The molecule has 306 valence electrons. The number of hydrogen-bond acceptors (Lipinski definition) is 14. The molecule has 15 nitrogen and oxygen atoms in total. The largest absolute Gasteiger partial charge is 0.507 e. The van der Waals surface area contributed by atoms with Crippen LogP contribution in [0, 0.1) is 30.6 Å². The molecule has 3 aliphatic heterocycles. The van der Waals surface area contributed by atoms with Gasteiger partial charge in [-0.3, -0.25) is 14.4 Å². The number of benzene rings is 2. The Hall–Kier alpha value is -5.12. The Labute approximate surface area is 326 Å². The zero-order valence-electron chi connectivity index (χ0n) is 33.6. The van der Waals surface area contributed by atoms with Gasteiger partial charge in [-0.05, 0) is 33.8 Å². The first-order chi connectivity index (χ1) is 26.2. The van der Waals surface area contributed by atoms with Gasteiger partial charge in [0.2, 0.25) is 0 Å².